The summed E-state index contributed by atoms with van der Waals surface area (Å²) in [6, 6.07) is 29.7. The zero-order valence-electron chi connectivity index (χ0n) is 13.5. The molecule has 3 aromatic carbocycles. The van der Waals surface area contributed by atoms with Crippen LogP contribution in [0.15, 0.2) is 84.9 Å². The summed E-state index contributed by atoms with van der Waals surface area (Å²) in [5.41, 5.74) is 3.79. The summed E-state index contributed by atoms with van der Waals surface area (Å²) in [4.78, 5) is 0. The lowest BCUT2D eigenvalue weighted by Gasteiger charge is -2.21. The normalized spacial score (nSPS) is 10.7. The van der Waals surface area contributed by atoms with E-state index in [1.165, 1.54) is 16.7 Å². The van der Waals surface area contributed by atoms with Crippen LogP contribution in [-0.2, 0) is 0 Å². The van der Waals surface area contributed by atoms with Gasteiger partial charge in [-0.05, 0) is 23.6 Å². The highest BCUT2D eigenvalue weighted by Gasteiger charge is 2.19. The SMILES string of the molecule is CCCOc1ccccc1C(c1ccccc1)c1ccccc1. The first-order valence-corrected chi connectivity index (χ1v) is 8.21. The average Bonchev–Trinajstić information content (AvgIpc) is 2.63. The number of benzene rings is 3. The Morgan fingerprint density at radius 3 is 1.78 bits per heavy atom. The number of hydrogen-bond acceptors (Lipinski definition) is 1. The predicted molar refractivity (Wildman–Crippen MR) is 96.1 cm³/mol. The van der Waals surface area contributed by atoms with Gasteiger partial charge < -0.3 is 4.74 Å². The van der Waals surface area contributed by atoms with E-state index in [-0.39, 0.29) is 5.92 Å². The van der Waals surface area contributed by atoms with E-state index in [2.05, 4.69) is 85.8 Å². The summed E-state index contributed by atoms with van der Waals surface area (Å²) in [5, 5.41) is 0. The van der Waals surface area contributed by atoms with E-state index in [4.69, 9.17) is 4.74 Å². The van der Waals surface area contributed by atoms with E-state index in [1.54, 1.807) is 0 Å². The van der Waals surface area contributed by atoms with E-state index in [1.807, 2.05) is 6.07 Å². The Kier molecular flexibility index (Phi) is 5.10. The van der Waals surface area contributed by atoms with Crippen LogP contribution in [-0.4, -0.2) is 6.61 Å². The first kappa shape index (κ1) is 15.4. The lowest BCUT2D eigenvalue weighted by molar-refractivity contribution is 0.314. The molecular formula is C22H22O. The molecule has 0 saturated carbocycles. The van der Waals surface area contributed by atoms with Crippen molar-refractivity contribution in [3.8, 4) is 5.75 Å². The van der Waals surface area contributed by atoms with E-state index in [0.717, 1.165) is 18.8 Å². The summed E-state index contributed by atoms with van der Waals surface area (Å²) >= 11 is 0. The largest absolute Gasteiger partial charge is 0.493 e. The highest BCUT2D eigenvalue weighted by Crippen LogP contribution is 2.37. The van der Waals surface area contributed by atoms with Gasteiger partial charge in [-0.25, -0.2) is 0 Å². The minimum Gasteiger partial charge on any atom is -0.493 e. The van der Waals surface area contributed by atoms with Gasteiger partial charge in [0.25, 0.3) is 0 Å². The summed E-state index contributed by atoms with van der Waals surface area (Å²) in [5.74, 6) is 1.16. The minimum atomic E-state index is 0.186. The Labute approximate surface area is 138 Å². The van der Waals surface area contributed by atoms with Crippen molar-refractivity contribution in [3.63, 3.8) is 0 Å². The van der Waals surface area contributed by atoms with Crippen LogP contribution in [0, 0.1) is 0 Å². The summed E-state index contributed by atoms with van der Waals surface area (Å²) in [6.07, 6.45) is 1.01. The molecule has 0 N–H and O–H groups in total. The molecule has 0 saturated heterocycles. The molecule has 0 heterocycles. The van der Waals surface area contributed by atoms with Gasteiger partial charge in [0, 0.05) is 11.5 Å². The van der Waals surface area contributed by atoms with Crippen molar-refractivity contribution in [2.75, 3.05) is 6.61 Å². The van der Waals surface area contributed by atoms with Crippen molar-refractivity contribution in [2.24, 2.45) is 0 Å². The quantitative estimate of drug-likeness (QED) is 0.534. The van der Waals surface area contributed by atoms with Crippen molar-refractivity contribution in [1.82, 2.24) is 0 Å². The molecule has 0 radical (unpaired) electrons. The number of rotatable bonds is 6. The van der Waals surface area contributed by atoms with Crippen LogP contribution in [0.2, 0.25) is 0 Å². The second-order valence-electron chi connectivity index (χ2n) is 5.64. The molecule has 1 heteroatoms. The van der Waals surface area contributed by atoms with Gasteiger partial charge in [-0.3, -0.25) is 0 Å². The van der Waals surface area contributed by atoms with E-state index in [0.29, 0.717) is 0 Å². The molecule has 0 atom stereocenters. The van der Waals surface area contributed by atoms with Crippen molar-refractivity contribution in [1.29, 1.82) is 0 Å². The molecule has 0 aromatic heterocycles. The standard InChI is InChI=1S/C22H22O/c1-2-17-23-21-16-10-9-15-20(21)22(18-11-5-3-6-12-18)19-13-7-4-8-14-19/h3-16,22H,2,17H2,1H3. The highest BCUT2D eigenvalue weighted by atomic mass is 16.5. The van der Waals surface area contributed by atoms with Crippen LogP contribution in [0.1, 0.15) is 36.0 Å². The molecule has 0 aliphatic carbocycles. The fraction of sp³-hybridized carbons (Fsp3) is 0.182. The third-order valence-electron chi connectivity index (χ3n) is 3.96. The zero-order valence-corrected chi connectivity index (χ0v) is 13.5. The van der Waals surface area contributed by atoms with Crippen molar-refractivity contribution < 1.29 is 4.74 Å². The molecule has 0 spiro atoms. The monoisotopic (exact) mass is 302 g/mol. The van der Waals surface area contributed by atoms with Crippen LogP contribution in [0.3, 0.4) is 0 Å². The smallest absolute Gasteiger partial charge is 0.123 e. The molecule has 23 heavy (non-hydrogen) atoms. The zero-order chi connectivity index (χ0) is 15.9. The van der Waals surface area contributed by atoms with Gasteiger partial charge in [0.15, 0.2) is 0 Å². The number of ether oxygens (including phenoxy) is 1. The molecule has 0 aliphatic heterocycles. The summed E-state index contributed by atoms with van der Waals surface area (Å²) in [6.45, 7) is 2.88. The Bertz CT molecular complexity index is 680. The van der Waals surface area contributed by atoms with Gasteiger partial charge in [0.1, 0.15) is 5.75 Å². The number of hydrogen-bond donors (Lipinski definition) is 0. The molecule has 0 bridgehead atoms. The molecule has 116 valence electrons. The van der Waals surface area contributed by atoms with Gasteiger partial charge in [-0.15, -0.1) is 0 Å². The lowest BCUT2D eigenvalue weighted by Crippen LogP contribution is -2.07. The third-order valence-corrected chi connectivity index (χ3v) is 3.96. The fourth-order valence-electron chi connectivity index (χ4n) is 2.91. The second kappa shape index (κ2) is 7.64. The maximum atomic E-state index is 6.01. The summed E-state index contributed by atoms with van der Waals surface area (Å²) in [7, 11) is 0. The van der Waals surface area contributed by atoms with Gasteiger partial charge in [0.05, 0.1) is 6.61 Å². The molecule has 0 aliphatic rings. The van der Waals surface area contributed by atoms with Crippen molar-refractivity contribution >= 4 is 0 Å². The van der Waals surface area contributed by atoms with Crippen LogP contribution >= 0.6 is 0 Å². The van der Waals surface area contributed by atoms with Crippen LogP contribution < -0.4 is 4.74 Å². The van der Waals surface area contributed by atoms with Crippen LogP contribution in [0.5, 0.6) is 5.75 Å². The molecular weight excluding hydrogens is 280 g/mol. The maximum Gasteiger partial charge on any atom is 0.123 e. The van der Waals surface area contributed by atoms with Crippen molar-refractivity contribution in [2.45, 2.75) is 19.3 Å². The fourth-order valence-corrected chi connectivity index (χ4v) is 2.91. The average molecular weight is 302 g/mol. The Morgan fingerprint density at radius 2 is 1.22 bits per heavy atom. The highest BCUT2D eigenvalue weighted by molar-refractivity contribution is 5.48. The Morgan fingerprint density at radius 1 is 0.696 bits per heavy atom. The van der Waals surface area contributed by atoms with Gasteiger partial charge in [-0.2, -0.15) is 0 Å². The van der Waals surface area contributed by atoms with E-state index < -0.39 is 0 Å². The topological polar surface area (TPSA) is 9.23 Å². The molecule has 3 aromatic rings. The van der Waals surface area contributed by atoms with Crippen molar-refractivity contribution in [3.05, 3.63) is 102 Å². The van der Waals surface area contributed by atoms with Gasteiger partial charge >= 0.3 is 0 Å². The van der Waals surface area contributed by atoms with Gasteiger partial charge in [0.2, 0.25) is 0 Å². The first-order valence-electron chi connectivity index (χ1n) is 8.21. The predicted octanol–water partition coefficient (Wildman–Crippen LogP) is 5.66. The van der Waals surface area contributed by atoms with Crippen LogP contribution in [0.4, 0.5) is 0 Å². The lowest BCUT2D eigenvalue weighted by atomic mass is 9.85. The van der Waals surface area contributed by atoms with E-state index >= 15 is 0 Å². The molecule has 0 amide bonds. The second-order valence-corrected chi connectivity index (χ2v) is 5.64. The third kappa shape index (κ3) is 3.62. The van der Waals surface area contributed by atoms with Crippen LogP contribution in [0.25, 0.3) is 0 Å². The Balaban J connectivity index is 2.10. The molecule has 1 nitrogen and oxygen atoms in total. The Hall–Kier alpha value is -2.54. The molecule has 0 unspecified atom stereocenters. The molecule has 3 rings (SSSR count). The number of para-hydroxylation sites is 1. The summed E-state index contributed by atoms with van der Waals surface area (Å²) < 4.78 is 6.01. The first-order chi connectivity index (χ1) is 11.4. The molecule has 0 fully saturated rings. The maximum absolute atomic E-state index is 6.01. The van der Waals surface area contributed by atoms with Gasteiger partial charge in [-0.1, -0.05) is 85.8 Å². The van der Waals surface area contributed by atoms with E-state index in [9.17, 15) is 0 Å². The minimum absolute atomic E-state index is 0.186.